The van der Waals surface area contributed by atoms with Crippen LogP contribution in [0.15, 0.2) is 60.8 Å². The summed E-state index contributed by atoms with van der Waals surface area (Å²) >= 11 is 0. The second-order valence-electron chi connectivity index (χ2n) is 7.79. The smallest absolute Gasteiger partial charge is 0.387 e. The Morgan fingerprint density at radius 3 is 2.45 bits per heavy atom. The second kappa shape index (κ2) is 9.95. The Morgan fingerprint density at radius 1 is 0.970 bits per heavy atom. The molecule has 33 heavy (non-hydrogen) atoms. The van der Waals surface area contributed by atoms with Gasteiger partial charge in [-0.25, -0.2) is 9.97 Å². The first-order chi connectivity index (χ1) is 15.9. The van der Waals surface area contributed by atoms with E-state index in [1.54, 1.807) is 31.5 Å². The first-order valence-electron chi connectivity index (χ1n) is 10.6. The zero-order valence-electron chi connectivity index (χ0n) is 18.7. The van der Waals surface area contributed by atoms with Crippen molar-refractivity contribution in [3.05, 3.63) is 72.2 Å². The standard InChI is InChI=1S/C25H25F2N3O3/c1-16(2)32-24-11-9-18(13-28-24)17-8-10-20-21(12-17)30(23(29-20)15-31-3)14-19-6-4-5-7-22(19)33-25(26)27/h4-13,16,25H,14-15H2,1-3H3. The van der Waals surface area contributed by atoms with Crippen molar-refractivity contribution in [2.75, 3.05) is 7.11 Å². The molecule has 0 amide bonds. The van der Waals surface area contributed by atoms with Gasteiger partial charge in [0.25, 0.3) is 0 Å². The fraction of sp³-hybridized carbons (Fsp3) is 0.280. The summed E-state index contributed by atoms with van der Waals surface area (Å²) in [6.07, 6.45) is 1.81. The fourth-order valence-corrected chi connectivity index (χ4v) is 3.65. The molecule has 0 N–H and O–H groups in total. The number of alkyl halides is 2. The molecule has 8 heteroatoms. The maximum atomic E-state index is 12.9. The van der Waals surface area contributed by atoms with Gasteiger partial charge >= 0.3 is 6.61 Å². The summed E-state index contributed by atoms with van der Waals surface area (Å²) in [6, 6.07) is 16.5. The van der Waals surface area contributed by atoms with Gasteiger partial charge in [0.1, 0.15) is 18.2 Å². The lowest BCUT2D eigenvalue weighted by Crippen LogP contribution is -2.09. The van der Waals surface area contributed by atoms with Crippen molar-refractivity contribution in [2.45, 2.75) is 39.7 Å². The van der Waals surface area contributed by atoms with Gasteiger partial charge in [0.05, 0.1) is 23.7 Å². The van der Waals surface area contributed by atoms with Gasteiger partial charge in [0, 0.05) is 30.5 Å². The van der Waals surface area contributed by atoms with Crippen LogP contribution in [0.1, 0.15) is 25.2 Å². The molecule has 6 nitrogen and oxygen atoms in total. The molecule has 0 radical (unpaired) electrons. The SMILES string of the molecule is COCc1nc2ccc(-c3ccc(OC(C)C)nc3)cc2n1Cc1ccccc1OC(F)F. The molecule has 4 aromatic rings. The summed E-state index contributed by atoms with van der Waals surface area (Å²) in [7, 11) is 1.59. The first-order valence-corrected chi connectivity index (χ1v) is 10.6. The monoisotopic (exact) mass is 453 g/mol. The van der Waals surface area contributed by atoms with E-state index in [0.29, 0.717) is 23.8 Å². The fourth-order valence-electron chi connectivity index (χ4n) is 3.65. The van der Waals surface area contributed by atoms with Crippen molar-refractivity contribution < 1.29 is 23.0 Å². The van der Waals surface area contributed by atoms with Crippen LogP contribution in [0.3, 0.4) is 0 Å². The summed E-state index contributed by atoms with van der Waals surface area (Å²) in [4.78, 5) is 9.07. The van der Waals surface area contributed by atoms with Crippen LogP contribution in [-0.4, -0.2) is 34.4 Å². The number of ether oxygens (including phenoxy) is 3. The molecule has 2 aromatic heterocycles. The molecule has 172 valence electrons. The zero-order chi connectivity index (χ0) is 23.4. The molecule has 0 saturated heterocycles. The summed E-state index contributed by atoms with van der Waals surface area (Å²) in [5, 5.41) is 0. The molecule has 2 heterocycles. The number of hydrogen-bond donors (Lipinski definition) is 0. The summed E-state index contributed by atoms with van der Waals surface area (Å²) in [5.41, 5.74) is 4.14. The van der Waals surface area contributed by atoms with Crippen LogP contribution in [0.5, 0.6) is 11.6 Å². The van der Waals surface area contributed by atoms with Crippen LogP contribution in [-0.2, 0) is 17.9 Å². The maximum Gasteiger partial charge on any atom is 0.387 e. The number of methoxy groups -OCH3 is 1. The van der Waals surface area contributed by atoms with E-state index < -0.39 is 6.61 Å². The van der Waals surface area contributed by atoms with Gasteiger partial charge < -0.3 is 18.8 Å². The number of imidazole rings is 1. The molecule has 0 fully saturated rings. The van der Waals surface area contributed by atoms with Crippen molar-refractivity contribution in [2.24, 2.45) is 0 Å². The molecule has 0 unspecified atom stereocenters. The van der Waals surface area contributed by atoms with E-state index in [1.807, 2.05) is 48.7 Å². The van der Waals surface area contributed by atoms with Crippen LogP contribution < -0.4 is 9.47 Å². The van der Waals surface area contributed by atoms with Crippen molar-refractivity contribution in [1.29, 1.82) is 0 Å². The van der Waals surface area contributed by atoms with E-state index in [9.17, 15) is 8.78 Å². The zero-order valence-corrected chi connectivity index (χ0v) is 18.7. The van der Waals surface area contributed by atoms with Crippen LogP contribution in [0.4, 0.5) is 8.78 Å². The van der Waals surface area contributed by atoms with Crippen molar-refractivity contribution >= 4 is 11.0 Å². The Balaban J connectivity index is 1.74. The molecular weight excluding hydrogens is 428 g/mol. The average molecular weight is 453 g/mol. The van der Waals surface area contributed by atoms with E-state index in [2.05, 4.69) is 9.97 Å². The van der Waals surface area contributed by atoms with Gasteiger partial charge in [-0.3, -0.25) is 0 Å². The number of nitrogens with zero attached hydrogens (tertiary/aromatic N) is 3. The number of para-hydroxylation sites is 1. The van der Waals surface area contributed by atoms with Crippen LogP contribution in [0, 0.1) is 0 Å². The summed E-state index contributed by atoms with van der Waals surface area (Å²) < 4.78 is 43.4. The maximum absolute atomic E-state index is 12.9. The van der Waals surface area contributed by atoms with Gasteiger partial charge in [0.15, 0.2) is 0 Å². The highest BCUT2D eigenvalue weighted by Gasteiger charge is 2.16. The highest BCUT2D eigenvalue weighted by Crippen LogP contribution is 2.29. The predicted octanol–water partition coefficient (Wildman–Crippen LogP) is 5.68. The molecule has 0 aliphatic carbocycles. The van der Waals surface area contributed by atoms with Gasteiger partial charge in [-0.15, -0.1) is 0 Å². The Morgan fingerprint density at radius 2 is 1.76 bits per heavy atom. The van der Waals surface area contributed by atoms with E-state index in [-0.39, 0.29) is 18.5 Å². The lowest BCUT2D eigenvalue weighted by atomic mass is 10.1. The molecule has 0 atom stereocenters. The number of aromatic nitrogens is 3. The Hall–Kier alpha value is -3.52. The normalized spacial score (nSPS) is 11.5. The molecule has 0 aliphatic heterocycles. The predicted molar refractivity (Wildman–Crippen MR) is 122 cm³/mol. The summed E-state index contributed by atoms with van der Waals surface area (Å²) in [5.74, 6) is 1.40. The minimum absolute atomic E-state index is 0.0465. The second-order valence-corrected chi connectivity index (χ2v) is 7.79. The van der Waals surface area contributed by atoms with Gasteiger partial charge in [-0.2, -0.15) is 8.78 Å². The van der Waals surface area contributed by atoms with E-state index in [1.165, 1.54) is 6.07 Å². The Labute approximate surface area is 190 Å². The highest BCUT2D eigenvalue weighted by molar-refractivity contribution is 5.82. The van der Waals surface area contributed by atoms with Crippen molar-refractivity contribution in [1.82, 2.24) is 14.5 Å². The summed E-state index contributed by atoms with van der Waals surface area (Å²) in [6.45, 7) is 1.59. The van der Waals surface area contributed by atoms with E-state index in [4.69, 9.17) is 14.2 Å². The Kier molecular flexibility index (Phi) is 6.84. The number of rotatable bonds is 9. The van der Waals surface area contributed by atoms with Crippen molar-refractivity contribution in [3.63, 3.8) is 0 Å². The number of pyridine rings is 1. The molecule has 0 bridgehead atoms. The number of hydrogen-bond acceptors (Lipinski definition) is 5. The Bertz CT molecular complexity index is 1220. The topological polar surface area (TPSA) is 58.4 Å². The third kappa shape index (κ3) is 5.28. The van der Waals surface area contributed by atoms with Gasteiger partial charge in [-0.05, 0) is 43.7 Å². The third-order valence-electron chi connectivity index (χ3n) is 5.04. The average Bonchev–Trinajstić information content (AvgIpc) is 3.11. The third-order valence-corrected chi connectivity index (χ3v) is 5.04. The van der Waals surface area contributed by atoms with Crippen molar-refractivity contribution in [3.8, 4) is 22.8 Å². The highest BCUT2D eigenvalue weighted by atomic mass is 19.3. The number of fused-ring (bicyclic) bond motifs is 1. The molecule has 2 aromatic carbocycles. The molecular formula is C25H25F2N3O3. The van der Waals surface area contributed by atoms with Crippen LogP contribution in [0.25, 0.3) is 22.2 Å². The first kappa shape index (κ1) is 22.7. The molecule has 4 rings (SSSR count). The lowest BCUT2D eigenvalue weighted by Gasteiger charge is -2.14. The minimum atomic E-state index is -2.90. The minimum Gasteiger partial charge on any atom is -0.475 e. The quantitative estimate of drug-likeness (QED) is 0.326. The molecule has 0 spiro atoms. The van der Waals surface area contributed by atoms with Gasteiger partial charge in [0.2, 0.25) is 5.88 Å². The van der Waals surface area contributed by atoms with Crippen LogP contribution >= 0.6 is 0 Å². The largest absolute Gasteiger partial charge is 0.475 e. The van der Waals surface area contributed by atoms with E-state index in [0.717, 1.165) is 22.2 Å². The van der Waals surface area contributed by atoms with Gasteiger partial charge in [-0.1, -0.05) is 24.3 Å². The van der Waals surface area contributed by atoms with Crippen LogP contribution in [0.2, 0.25) is 0 Å². The number of halogens is 2. The van der Waals surface area contributed by atoms with E-state index >= 15 is 0 Å². The molecule has 0 saturated carbocycles. The lowest BCUT2D eigenvalue weighted by molar-refractivity contribution is -0.0504. The number of benzene rings is 2. The molecule has 0 aliphatic rings.